The van der Waals surface area contributed by atoms with Gasteiger partial charge in [-0.3, -0.25) is 4.79 Å². The van der Waals surface area contributed by atoms with Crippen LogP contribution in [-0.4, -0.2) is 11.1 Å². The molecule has 1 amide bonds. The fraction of sp³-hybridized carbons (Fsp3) is 0.111. The largest absolute Gasteiger partial charge is 0.457 e. The van der Waals surface area contributed by atoms with E-state index in [9.17, 15) is 18.0 Å². The van der Waals surface area contributed by atoms with Gasteiger partial charge in [0.05, 0.1) is 11.8 Å². The summed E-state index contributed by atoms with van der Waals surface area (Å²) in [4.78, 5) is 12.1. The van der Waals surface area contributed by atoms with Crippen LogP contribution in [-0.2, 0) is 6.18 Å². The predicted molar refractivity (Wildman–Crippen MR) is 87.2 cm³/mol. The lowest BCUT2D eigenvalue weighted by Gasteiger charge is -2.10. The van der Waals surface area contributed by atoms with Crippen LogP contribution in [0.3, 0.4) is 0 Å². The minimum Gasteiger partial charge on any atom is -0.457 e. The van der Waals surface area contributed by atoms with Gasteiger partial charge in [-0.2, -0.15) is 13.2 Å². The van der Waals surface area contributed by atoms with E-state index >= 15 is 0 Å². The maximum absolute atomic E-state index is 12.5. The molecule has 0 fully saturated rings. The number of halogens is 3. The molecule has 2 aromatic carbocycles. The molecule has 3 aromatic rings. The third kappa shape index (κ3) is 4.02. The Morgan fingerprint density at radius 2 is 1.62 bits per heavy atom. The zero-order valence-corrected chi connectivity index (χ0v) is 13.5. The van der Waals surface area contributed by atoms with E-state index < -0.39 is 11.7 Å². The summed E-state index contributed by atoms with van der Waals surface area (Å²) in [7, 11) is 0. The van der Waals surface area contributed by atoms with Gasteiger partial charge in [0.1, 0.15) is 22.8 Å². The van der Waals surface area contributed by atoms with Gasteiger partial charge in [0, 0.05) is 5.69 Å². The number of rotatable bonds is 4. The molecule has 0 unspecified atom stereocenters. The number of amides is 1. The predicted octanol–water partition coefficient (Wildman–Crippen LogP) is 5.05. The number of aryl methyl sites for hydroxylation is 1. The van der Waals surface area contributed by atoms with Gasteiger partial charge in [-0.25, -0.2) is 0 Å². The molecule has 1 heterocycles. The molecule has 0 aliphatic heterocycles. The molecule has 0 aliphatic carbocycles. The van der Waals surface area contributed by atoms with Gasteiger partial charge in [0.15, 0.2) is 0 Å². The Bertz CT molecular complexity index is 901. The highest BCUT2D eigenvalue weighted by Crippen LogP contribution is 2.31. The van der Waals surface area contributed by atoms with E-state index in [4.69, 9.17) is 9.26 Å². The van der Waals surface area contributed by atoms with Crippen molar-refractivity contribution in [2.75, 3.05) is 5.32 Å². The second-order valence-electron chi connectivity index (χ2n) is 5.40. The Morgan fingerprint density at radius 1 is 1.04 bits per heavy atom. The molecule has 1 N–H and O–H groups in total. The lowest BCUT2D eigenvalue weighted by molar-refractivity contribution is -0.137. The van der Waals surface area contributed by atoms with Crippen LogP contribution in [0.5, 0.6) is 11.5 Å². The number of hydrogen-bond acceptors (Lipinski definition) is 4. The van der Waals surface area contributed by atoms with Crippen LogP contribution >= 0.6 is 0 Å². The van der Waals surface area contributed by atoms with E-state index in [1.807, 2.05) is 0 Å². The van der Waals surface area contributed by atoms with Gasteiger partial charge in [-0.1, -0.05) is 5.16 Å². The number of aromatic nitrogens is 1. The zero-order chi connectivity index (χ0) is 18.7. The van der Waals surface area contributed by atoms with Gasteiger partial charge in [0.25, 0.3) is 5.91 Å². The molecule has 3 rings (SSSR count). The zero-order valence-electron chi connectivity index (χ0n) is 13.5. The summed E-state index contributed by atoms with van der Waals surface area (Å²) in [5, 5.41) is 6.22. The summed E-state index contributed by atoms with van der Waals surface area (Å²) in [6.45, 7) is 1.63. The van der Waals surface area contributed by atoms with Crippen LogP contribution < -0.4 is 10.1 Å². The van der Waals surface area contributed by atoms with Crippen molar-refractivity contribution in [2.45, 2.75) is 13.1 Å². The number of anilines is 1. The average Bonchev–Trinajstić information content (AvgIpc) is 3.02. The van der Waals surface area contributed by atoms with Crippen molar-refractivity contribution < 1.29 is 27.2 Å². The van der Waals surface area contributed by atoms with Crippen LogP contribution in [0.2, 0.25) is 0 Å². The molecule has 0 atom stereocenters. The van der Waals surface area contributed by atoms with E-state index in [0.717, 1.165) is 12.1 Å². The third-order valence-electron chi connectivity index (χ3n) is 3.52. The van der Waals surface area contributed by atoms with E-state index in [1.54, 1.807) is 31.2 Å². The van der Waals surface area contributed by atoms with E-state index in [1.165, 1.54) is 18.3 Å². The molecule has 26 heavy (non-hydrogen) atoms. The first-order valence-electron chi connectivity index (χ1n) is 7.51. The van der Waals surface area contributed by atoms with Crippen LogP contribution in [0, 0.1) is 6.92 Å². The summed E-state index contributed by atoms with van der Waals surface area (Å²) in [6, 6.07) is 10.8. The average molecular weight is 362 g/mol. The van der Waals surface area contributed by atoms with E-state index in [0.29, 0.717) is 22.8 Å². The van der Waals surface area contributed by atoms with Gasteiger partial charge in [-0.15, -0.1) is 0 Å². The quantitative estimate of drug-likeness (QED) is 0.706. The number of ether oxygens (including phenoxy) is 1. The van der Waals surface area contributed by atoms with Gasteiger partial charge >= 0.3 is 6.18 Å². The number of carbonyl (C=O) groups excluding carboxylic acids is 1. The summed E-state index contributed by atoms with van der Waals surface area (Å²) in [6.07, 6.45) is -3.06. The van der Waals surface area contributed by atoms with Crippen LogP contribution in [0.15, 0.2) is 59.3 Å². The molecule has 1 aromatic heterocycles. The van der Waals surface area contributed by atoms with E-state index in [2.05, 4.69) is 10.5 Å². The topological polar surface area (TPSA) is 64.4 Å². The molecule has 0 bridgehead atoms. The van der Waals surface area contributed by atoms with E-state index in [-0.39, 0.29) is 11.7 Å². The lowest BCUT2D eigenvalue weighted by Crippen LogP contribution is -2.11. The second kappa shape index (κ2) is 6.91. The maximum Gasteiger partial charge on any atom is 0.416 e. The van der Waals surface area contributed by atoms with Crippen molar-refractivity contribution in [3.63, 3.8) is 0 Å². The smallest absolute Gasteiger partial charge is 0.416 e. The highest BCUT2D eigenvalue weighted by atomic mass is 19.4. The fourth-order valence-corrected chi connectivity index (χ4v) is 2.17. The molecule has 0 saturated carbocycles. The van der Waals surface area contributed by atoms with Crippen molar-refractivity contribution in [2.24, 2.45) is 0 Å². The first kappa shape index (κ1) is 17.5. The first-order valence-corrected chi connectivity index (χ1v) is 7.51. The minimum absolute atomic E-state index is 0.273. The van der Waals surface area contributed by atoms with Crippen molar-refractivity contribution in [1.82, 2.24) is 5.16 Å². The Kier molecular flexibility index (Phi) is 4.66. The Hall–Kier alpha value is -3.29. The van der Waals surface area contributed by atoms with Crippen molar-refractivity contribution in [3.8, 4) is 11.5 Å². The van der Waals surface area contributed by atoms with Crippen molar-refractivity contribution in [3.05, 3.63) is 71.6 Å². The monoisotopic (exact) mass is 362 g/mol. The number of hydrogen-bond donors (Lipinski definition) is 1. The Morgan fingerprint density at radius 3 is 2.12 bits per heavy atom. The lowest BCUT2D eigenvalue weighted by atomic mass is 10.2. The van der Waals surface area contributed by atoms with Crippen molar-refractivity contribution >= 4 is 11.6 Å². The molecule has 134 valence electrons. The Labute approximate surface area is 146 Å². The minimum atomic E-state index is -4.39. The first-order chi connectivity index (χ1) is 12.3. The highest BCUT2D eigenvalue weighted by molar-refractivity contribution is 6.04. The summed E-state index contributed by atoms with van der Waals surface area (Å²) >= 11 is 0. The molecule has 0 aliphatic rings. The van der Waals surface area contributed by atoms with Gasteiger partial charge < -0.3 is 14.6 Å². The van der Waals surface area contributed by atoms with Gasteiger partial charge in [-0.05, 0) is 55.5 Å². The molecule has 0 radical (unpaired) electrons. The molecular weight excluding hydrogens is 349 g/mol. The molecular formula is C18H13F3N2O3. The number of benzene rings is 2. The number of nitrogens with one attached hydrogen (secondary N) is 1. The standard InChI is InChI=1S/C18H13F3N2O3/c1-11-16(10-22-26-11)17(24)23-13-4-8-15(9-5-13)25-14-6-2-12(3-7-14)18(19,20)21/h2-10H,1H3,(H,23,24). The SMILES string of the molecule is Cc1oncc1C(=O)Nc1ccc(Oc2ccc(C(F)(F)F)cc2)cc1. The van der Waals surface area contributed by atoms with Crippen LogP contribution in [0.4, 0.5) is 18.9 Å². The maximum atomic E-state index is 12.5. The third-order valence-corrected chi connectivity index (χ3v) is 3.52. The molecule has 5 nitrogen and oxygen atoms in total. The van der Waals surface area contributed by atoms with Crippen LogP contribution in [0.1, 0.15) is 21.7 Å². The Balaban J connectivity index is 1.64. The molecule has 0 saturated heterocycles. The molecule has 0 spiro atoms. The number of alkyl halides is 3. The number of carbonyl (C=O) groups is 1. The summed E-state index contributed by atoms with van der Waals surface area (Å²) in [5.41, 5.74) is 0.109. The number of nitrogens with zero attached hydrogens (tertiary/aromatic N) is 1. The van der Waals surface area contributed by atoms with Crippen LogP contribution in [0.25, 0.3) is 0 Å². The second-order valence-corrected chi connectivity index (χ2v) is 5.40. The summed E-state index contributed by atoms with van der Waals surface area (Å²) < 4.78 is 47.9. The normalized spacial score (nSPS) is 11.2. The van der Waals surface area contributed by atoms with Crippen molar-refractivity contribution in [1.29, 1.82) is 0 Å². The molecule has 8 heteroatoms. The fourth-order valence-electron chi connectivity index (χ4n) is 2.17. The van der Waals surface area contributed by atoms with Gasteiger partial charge in [0.2, 0.25) is 0 Å². The summed E-state index contributed by atoms with van der Waals surface area (Å²) in [5.74, 6) is 0.740. The highest BCUT2D eigenvalue weighted by Gasteiger charge is 2.30.